The van der Waals surface area contributed by atoms with E-state index >= 15 is 0 Å². The van der Waals surface area contributed by atoms with Crippen molar-refractivity contribution in [2.24, 2.45) is 0 Å². The monoisotopic (exact) mass is 333 g/mol. The number of nitrogens with one attached hydrogen (secondary N) is 1. The van der Waals surface area contributed by atoms with E-state index in [1.807, 2.05) is 18.2 Å². The Morgan fingerprint density at radius 1 is 1.42 bits per heavy atom. The SMILES string of the molecule is CCCCCOc1cc(OC)ccc1C=CC(=O)C1CNCCO1. The van der Waals surface area contributed by atoms with Crippen molar-refractivity contribution in [3.63, 3.8) is 0 Å². The summed E-state index contributed by atoms with van der Waals surface area (Å²) in [5, 5.41) is 3.16. The number of ketones is 1. The molecule has 0 aromatic heterocycles. The second kappa shape index (κ2) is 10.1. The van der Waals surface area contributed by atoms with E-state index in [4.69, 9.17) is 14.2 Å². The normalized spacial score (nSPS) is 17.8. The molecule has 0 radical (unpaired) electrons. The van der Waals surface area contributed by atoms with Gasteiger partial charge in [-0.25, -0.2) is 0 Å². The molecule has 5 nitrogen and oxygen atoms in total. The predicted molar refractivity (Wildman–Crippen MR) is 94.7 cm³/mol. The Kier molecular flexibility index (Phi) is 7.79. The number of hydrogen-bond donors (Lipinski definition) is 1. The van der Waals surface area contributed by atoms with Crippen LogP contribution in [0.4, 0.5) is 0 Å². The zero-order valence-electron chi connectivity index (χ0n) is 14.5. The van der Waals surface area contributed by atoms with Gasteiger partial charge in [-0.3, -0.25) is 4.79 Å². The van der Waals surface area contributed by atoms with Crippen LogP contribution in [0.2, 0.25) is 0 Å². The molecule has 132 valence electrons. The summed E-state index contributed by atoms with van der Waals surface area (Å²) in [5.74, 6) is 1.44. The third kappa shape index (κ3) is 5.65. The first-order chi connectivity index (χ1) is 11.7. The molecule has 0 spiro atoms. The van der Waals surface area contributed by atoms with Crippen LogP contribution in [0.15, 0.2) is 24.3 Å². The summed E-state index contributed by atoms with van der Waals surface area (Å²) in [7, 11) is 1.63. The van der Waals surface area contributed by atoms with Gasteiger partial charge in [0.25, 0.3) is 0 Å². The minimum atomic E-state index is -0.401. The summed E-state index contributed by atoms with van der Waals surface area (Å²) in [6, 6.07) is 5.62. The Morgan fingerprint density at radius 2 is 2.29 bits per heavy atom. The van der Waals surface area contributed by atoms with Crippen molar-refractivity contribution in [1.82, 2.24) is 5.32 Å². The van der Waals surface area contributed by atoms with E-state index in [2.05, 4.69) is 12.2 Å². The van der Waals surface area contributed by atoms with E-state index < -0.39 is 6.10 Å². The van der Waals surface area contributed by atoms with E-state index in [1.54, 1.807) is 19.3 Å². The quantitative estimate of drug-likeness (QED) is 0.556. The topological polar surface area (TPSA) is 56.8 Å². The Hall–Kier alpha value is -1.85. The summed E-state index contributed by atoms with van der Waals surface area (Å²) in [6.07, 6.45) is 6.25. The number of benzene rings is 1. The van der Waals surface area contributed by atoms with Crippen molar-refractivity contribution >= 4 is 11.9 Å². The van der Waals surface area contributed by atoms with Gasteiger partial charge < -0.3 is 19.5 Å². The van der Waals surface area contributed by atoms with Crippen molar-refractivity contribution in [2.75, 3.05) is 33.4 Å². The molecule has 1 aromatic carbocycles. The molecule has 1 aliphatic heterocycles. The maximum atomic E-state index is 12.2. The lowest BCUT2D eigenvalue weighted by atomic mass is 10.1. The summed E-state index contributed by atoms with van der Waals surface area (Å²) < 4.78 is 16.6. The van der Waals surface area contributed by atoms with E-state index in [1.165, 1.54) is 0 Å². The van der Waals surface area contributed by atoms with Gasteiger partial charge in [-0.2, -0.15) is 0 Å². The molecule has 2 rings (SSSR count). The Balaban J connectivity index is 2.03. The van der Waals surface area contributed by atoms with Crippen molar-refractivity contribution in [2.45, 2.75) is 32.3 Å². The van der Waals surface area contributed by atoms with Crippen LogP contribution in [0.25, 0.3) is 6.08 Å². The first-order valence-electron chi connectivity index (χ1n) is 8.59. The van der Waals surface area contributed by atoms with Gasteiger partial charge in [-0.15, -0.1) is 0 Å². The number of carbonyl (C=O) groups is 1. The van der Waals surface area contributed by atoms with Crippen LogP contribution in [-0.2, 0) is 9.53 Å². The van der Waals surface area contributed by atoms with E-state index in [9.17, 15) is 4.79 Å². The molecule has 24 heavy (non-hydrogen) atoms. The molecule has 1 saturated heterocycles. The van der Waals surface area contributed by atoms with E-state index in [0.717, 1.165) is 42.9 Å². The average Bonchev–Trinajstić information content (AvgIpc) is 2.64. The molecule has 0 bridgehead atoms. The van der Waals surface area contributed by atoms with Crippen molar-refractivity contribution < 1.29 is 19.0 Å². The molecule has 1 unspecified atom stereocenters. The first kappa shape index (κ1) is 18.5. The number of ether oxygens (including phenoxy) is 3. The van der Waals surface area contributed by atoms with Gasteiger partial charge in [-0.05, 0) is 30.7 Å². The number of hydrogen-bond acceptors (Lipinski definition) is 5. The smallest absolute Gasteiger partial charge is 0.185 e. The number of rotatable bonds is 9. The maximum Gasteiger partial charge on any atom is 0.185 e. The fourth-order valence-corrected chi connectivity index (χ4v) is 2.47. The summed E-state index contributed by atoms with van der Waals surface area (Å²) in [6.45, 7) is 4.74. The number of methoxy groups -OCH3 is 1. The van der Waals surface area contributed by atoms with Crippen LogP contribution in [0, 0.1) is 0 Å². The highest BCUT2D eigenvalue weighted by atomic mass is 16.5. The molecule has 0 aliphatic carbocycles. The third-order valence-corrected chi connectivity index (χ3v) is 3.90. The van der Waals surface area contributed by atoms with Crippen LogP contribution >= 0.6 is 0 Å². The van der Waals surface area contributed by atoms with Crippen molar-refractivity contribution in [3.8, 4) is 11.5 Å². The van der Waals surface area contributed by atoms with E-state index in [-0.39, 0.29) is 5.78 Å². The lowest BCUT2D eigenvalue weighted by molar-refractivity contribution is -0.126. The standard InChI is InChI=1S/C19H27NO4/c1-3-4-5-11-23-18-13-16(22-2)8-6-15(18)7-9-17(21)19-14-20-10-12-24-19/h6-9,13,19-20H,3-5,10-12,14H2,1-2H3. The Labute approximate surface area is 144 Å². The van der Waals surface area contributed by atoms with Crippen LogP contribution in [-0.4, -0.2) is 45.3 Å². The molecule has 1 heterocycles. The molecule has 1 atom stereocenters. The molecule has 5 heteroatoms. The van der Waals surface area contributed by atoms with Gasteiger partial charge in [0.1, 0.15) is 17.6 Å². The fourth-order valence-electron chi connectivity index (χ4n) is 2.47. The second-order valence-corrected chi connectivity index (χ2v) is 5.76. The summed E-state index contributed by atoms with van der Waals surface area (Å²) in [4.78, 5) is 12.2. The summed E-state index contributed by atoms with van der Waals surface area (Å²) >= 11 is 0. The fraction of sp³-hybridized carbons (Fsp3) is 0.526. The van der Waals surface area contributed by atoms with Gasteiger partial charge in [0.2, 0.25) is 0 Å². The third-order valence-electron chi connectivity index (χ3n) is 3.90. The number of carbonyl (C=O) groups excluding carboxylic acids is 1. The van der Waals surface area contributed by atoms with Crippen LogP contribution in [0.5, 0.6) is 11.5 Å². The van der Waals surface area contributed by atoms with Crippen LogP contribution < -0.4 is 14.8 Å². The van der Waals surface area contributed by atoms with Crippen molar-refractivity contribution in [3.05, 3.63) is 29.8 Å². The number of morpholine rings is 1. The first-order valence-corrected chi connectivity index (χ1v) is 8.59. The lowest BCUT2D eigenvalue weighted by Crippen LogP contribution is -2.42. The highest BCUT2D eigenvalue weighted by Crippen LogP contribution is 2.26. The zero-order valence-corrected chi connectivity index (χ0v) is 14.5. The van der Waals surface area contributed by atoms with Crippen LogP contribution in [0.3, 0.4) is 0 Å². The molecule has 1 fully saturated rings. The predicted octanol–water partition coefficient (Wildman–Crippen LogP) is 2.83. The van der Waals surface area contributed by atoms with Gasteiger partial charge in [0.05, 0.1) is 20.3 Å². The molecular formula is C19H27NO4. The van der Waals surface area contributed by atoms with Crippen LogP contribution in [0.1, 0.15) is 31.7 Å². The molecular weight excluding hydrogens is 306 g/mol. The Bertz CT molecular complexity index is 550. The van der Waals surface area contributed by atoms with Gasteiger partial charge in [0.15, 0.2) is 5.78 Å². The summed E-state index contributed by atoms with van der Waals surface area (Å²) in [5.41, 5.74) is 0.865. The second-order valence-electron chi connectivity index (χ2n) is 5.76. The lowest BCUT2D eigenvalue weighted by Gasteiger charge is -2.21. The van der Waals surface area contributed by atoms with Gasteiger partial charge in [0, 0.05) is 24.7 Å². The largest absolute Gasteiger partial charge is 0.497 e. The highest BCUT2D eigenvalue weighted by molar-refractivity contribution is 5.97. The molecule has 1 N–H and O–H groups in total. The maximum absolute atomic E-state index is 12.2. The highest BCUT2D eigenvalue weighted by Gasteiger charge is 2.19. The van der Waals surface area contributed by atoms with Crippen molar-refractivity contribution in [1.29, 1.82) is 0 Å². The van der Waals surface area contributed by atoms with Gasteiger partial charge >= 0.3 is 0 Å². The Morgan fingerprint density at radius 3 is 3.00 bits per heavy atom. The molecule has 0 amide bonds. The molecule has 1 aliphatic rings. The van der Waals surface area contributed by atoms with E-state index in [0.29, 0.717) is 19.8 Å². The zero-order chi connectivity index (χ0) is 17.2. The molecule has 0 saturated carbocycles. The minimum Gasteiger partial charge on any atom is -0.497 e. The average molecular weight is 333 g/mol. The molecule has 1 aromatic rings. The minimum absolute atomic E-state index is 0.0325. The van der Waals surface area contributed by atoms with Gasteiger partial charge in [-0.1, -0.05) is 19.8 Å². The number of unbranched alkanes of at least 4 members (excludes halogenated alkanes) is 2.